The number of rotatable bonds is 5. The number of ether oxygens (including phenoxy) is 1. The van der Waals surface area contributed by atoms with Crippen molar-refractivity contribution in [1.82, 2.24) is 5.32 Å². The van der Waals surface area contributed by atoms with Gasteiger partial charge in [0.15, 0.2) is 0 Å². The van der Waals surface area contributed by atoms with E-state index in [1.807, 2.05) is 0 Å². The van der Waals surface area contributed by atoms with Gasteiger partial charge in [0.2, 0.25) is 0 Å². The largest absolute Gasteiger partial charge is 0.434 e. The number of halogens is 3. The second-order valence-electron chi connectivity index (χ2n) is 4.15. The number of nitrogens with one attached hydrogen (secondary N) is 1. The molecule has 0 radical (unpaired) electrons. The highest BCUT2D eigenvalue weighted by Gasteiger charge is 2.12. The molecule has 0 aliphatic rings. The van der Waals surface area contributed by atoms with Gasteiger partial charge in [-0.3, -0.25) is 4.79 Å². The molecule has 0 aliphatic heterocycles. The molecule has 0 aromatic heterocycles. The first-order valence-electron chi connectivity index (χ1n) is 6.13. The SMILES string of the molecule is O=C(NCc1ccccc1OC(F)F)c1ccccc1Br. The molecule has 21 heavy (non-hydrogen) atoms. The lowest BCUT2D eigenvalue weighted by Crippen LogP contribution is -2.23. The molecule has 0 atom stereocenters. The van der Waals surface area contributed by atoms with Gasteiger partial charge in [0.05, 0.1) is 5.56 Å². The highest BCUT2D eigenvalue weighted by molar-refractivity contribution is 9.10. The number of amides is 1. The van der Waals surface area contributed by atoms with E-state index < -0.39 is 6.61 Å². The molecule has 0 saturated heterocycles. The Hall–Kier alpha value is -1.95. The monoisotopic (exact) mass is 355 g/mol. The highest BCUT2D eigenvalue weighted by atomic mass is 79.9. The summed E-state index contributed by atoms with van der Waals surface area (Å²) < 4.78 is 29.7. The third-order valence-corrected chi connectivity index (χ3v) is 3.44. The number of benzene rings is 2. The first kappa shape index (κ1) is 15.4. The van der Waals surface area contributed by atoms with E-state index in [0.29, 0.717) is 15.6 Å². The lowest BCUT2D eigenvalue weighted by atomic mass is 10.2. The van der Waals surface area contributed by atoms with Gasteiger partial charge in [0, 0.05) is 16.6 Å². The molecular formula is C15H12BrF2NO2. The van der Waals surface area contributed by atoms with Crippen LogP contribution in [0.4, 0.5) is 8.78 Å². The zero-order valence-electron chi connectivity index (χ0n) is 10.9. The van der Waals surface area contributed by atoms with E-state index in [0.717, 1.165) is 0 Å². The van der Waals surface area contributed by atoms with Gasteiger partial charge in [-0.1, -0.05) is 30.3 Å². The standard InChI is InChI=1S/C15H12BrF2NO2/c16-12-7-3-2-6-11(12)14(20)19-9-10-5-1-4-8-13(10)21-15(17)18/h1-8,15H,9H2,(H,19,20). The smallest absolute Gasteiger partial charge is 0.387 e. The Balaban J connectivity index is 2.07. The summed E-state index contributed by atoms with van der Waals surface area (Å²) in [6, 6.07) is 13.3. The Bertz CT molecular complexity index is 635. The molecule has 2 aromatic carbocycles. The predicted molar refractivity (Wildman–Crippen MR) is 78.4 cm³/mol. The molecule has 1 N–H and O–H groups in total. The molecule has 1 amide bonds. The van der Waals surface area contributed by atoms with Crippen LogP contribution in [0.5, 0.6) is 5.75 Å². The van der Waals surface area contributed by atoms with Gasteiger partial charge in [0.25, 0.3) is 5.91 Å². The van der Waals surface area contributed by atoms with E-state index in [1.165, 1.54) is 6.07 Å². The number of para-hydroxylation sites is 1. The molecule has 3 nitrogen and oxygen atoms in total. The summed E-state index contributed by atoms with van der Waals surface area (Å²) in [5.41, 5.74) is 0.961. The Kier molecular flexibility index (Phi) is 5.27. The van der Waals surface area contributed by atoms with Crippen molar-refractivity contribution >= 4 is 21.8 Å². The average Bonchev–Trinajstić information content (AvgIpc) is 2.46. The summed E-state index contributed by atoms with van der Waals surface area (Å²) in [5.74, 6) is -0.241. The van der Waals surface area contributed by atoms with Gasteiger partial charge in [-0.05, 0) is 34.1 Å². The fraction of sp³-hybridized carbons (Fsp3) is 0.133. The van der Waals surface area contributed by atoms with E-state index in [-0.39, 0.29) is 18.2 Å². The Morgan fingerprint density at radius 2 is 1.81 bits per heavy atom. The van der Waals surface area contributed by atoms with Crippen LogP contribution in [0.25, 0.3) is 0 Å². The second-order valence-corrected chi connectivity index (χ2v) is 5.00. The molecule has 2 aromatic rings. The maximum atomic E-state index is 12.3. The van der Waals surface area contributed by atoms with E-state index in [9.17, 15) is 13.6 Å². The summed E-state index contributed by atoms with van der Waals surface area (Å²) in [7, 11) is 0. The fourth-order valence-corrected chi connectivity index (χ4v) is 2.24. The van der Waals surface area contributed by atoms with Crippen molar-refractivity contribution in [3.8, 4) is 5.75 Å². The zero-order chi connectivity index (χ0) is 15.2. The molecule has 110 valence electrons. The van der Waals surface area contributed by atoms with E-state index in [1.54, 1.807) is 42.5 Å². The molecule has 0 unspecified atom stereocenters. The van der Waals surface area contributed by atoms with Crippen LogP contribution >= 0.6 is 15.9 Å². The van der Waals surface area contributed by atoms with Gasteiger partial charge < -0.3 is 10.1 Å². The molecular weight excluding hydrogens is 344 g/mol. The van der Waals surface area contributed by atoms with Crippen molar-refractivity contribution in [2.75, 3.05) is 0 Å². The topological polar surface area (TPSA) is 38.3 Å². The third kappa shape index (κ3) is 4.26. The van der Waals surface area contributed by atoms with E-state index in [4.69, 9.17) is 0 Å². The molecule has 2 rings (SSSR count). The van der Waals surface area contributed by atoms with Crippen LogP contribution < -0.4 is 10.1 Å². The molecule has 0 aliphatic carbocycles. The van der Waals surface area contributed by atoms with Gasteiger partial charge in [0.1, 0.15) is 5.75 Å². The van der Waals surface area contributed by atoms with Crippen molar-refractivity contribution in [1.29, 1.82) is 0 Å². The number of hydrogen-bond acceptors (Lipinski definition) is 2. The second kappa shape index (κ2) is 7.17. The maximum absolute atomic E-state index is 12.3. The van der Waals surface area contributed by atoms with E-state index >= 15 is 0 Å². The minimum absolute atomic E-state index is 0.0555. The van der Waals surface area contributed by atoms with Gasteiger partial charge in [-0.25, -0.2) is 0 Å². The molecule has 0 saturated carbocycles. The lowest BCUT2D eigenvalue weighted by Gasteiger charge is -2.11. The Morgan fingerprint density at radius 3 is 2.52 bits per heavy atom. The number of hydrogen-bond donors (Lipinski definition) is 1. The molecule has 0 heterocycles. The lowest BCUT2D eigenvalue weighted by molar-refractivity contribution is -0.0504. The zero-order valence-corrected chi connectivity index (χ0v) is 12.4. The van der Waals surface area contributed by atoms with Crippen LogP contribution in [0.3, 0.4) is 0 Å². The minimum Gasteiger partial charge on any atom is -0.434 e. The summed E-state index contributed by atoms with van der Waals surface area (Å²) in [5, 5.41) is 2.68. The number of alkyl halides is 2. The van der Waals surface area contributed by atoms with Crippen LogP contribution in [0.1, 0.15) is 15.9 Å². The molecule has 0 spiro atoms. The fourth-order valence-electron chi connectivity index (χ4n) is 1.78. The van der Waals surface area contributed by atoms with Crippen molar-refractivity contribution in [3.63, 3.8) is 0 Å². The quantitative estimate of drug-likeness (QED) is 0.880. The summed E-state index contributed by atoms with van der Waals surface area (Å²) >= 11 is 3.29. The molecule has 6 heteroatoms. The third-order valence-electron chi connectivity index (χ3n) is 2.75. The van der Waals surface area contributed by atoms with Crippen molar-refractivity contribution in [3.05, 3.63) is 64.1 Å². The summed E-state index contributed by atoms with van der Waals surface area (Å²) in [6.07, 6.45) is 0. The van der Waals surface area contributed by atoms with Crippen molar-refractivity contribution < 1.29 is 18.3 Å². The average molecular weight is 356 g/mol. The minimum atomic E-state index is -2.90. The highest BCUT2D eigenvalue weighted by Crippen LogP contribution is 2.21. The van der Waals surface area contributed by atoms with Crippen LogP contribution in [-0.2, 0) is 6.54 Å². The number of carbonyl (C=O) groups is 1. The van der Waals surface area contributed by atoms with E-state index in [2.05, 4.69) is 26.0 Å². The van der Waals surface area contributed by atoms with Gasteiger partial charge in [-0.15, -0.1) is 0 Å². The predicted octanol–water partition coefficient (Wildman–Crippen LogP) is 3.98. The summed E-state index contributed by atoms with van der Waals surface area (Å²) in [6.45, 7) is -2.80. The Morgan fingerprint density at radius 1 is 1.14 bits per heavy atom. The Labute approximate surface area is 129 Å². The molecule has 0 fully saturated rings. The maximum Gasteiger partial charge on any atom is 0.387 e. The normalized spacial score (nSPS) is 10.5. The van der Waals surface area contributed by atoms with Crippen LogP contribution in [0, 0.1) is 0 Å². The molecule has 0 bridgehead atoms. The number of carbonyl (C=O) groups excluding carboxylic acids is 1. The first-order valence-corrected chi connectivity index (χ1v) is 6.92. The van der Waals surface area contributed by atoms with Gasteiger partial charge in [-0.2, -0.15) is 8.78 Å². The van der Waals surface area contributed by atoms with Crippen molar-refractivity contribution in [2.24, 2.45) is 0 Å². The van der Waals surface area contributed by atoms with Crippen LogP contribution in [-0.4, -0.2) is 12.5 Å². The first-order chi connectivity index (χ1) is 10.1. The summed E-state index contributed by atoms with van der Waals surface area (Å²) in [4.78, 5) is 12.0. The van der Waals surface area contributed by atoms with Crippen LogP contribution in [0.15, 0.2) is 53.0 Å². The van der Waals surface area contributed by atoms with Crippen LogP contribution in [0.2, 0.25) is 0 Å². The van der Waals surface area contributed by atoms with Gasteiger partial charge >= 0.3 is 6.61 Å². The van der Waals surface area contributed by atoms with Crippen molar-refractivity contribution in [2.45, 2.75) is 13.2 Å².